The molecule has 1 aromatic carbocycles. The van der Waals surface area contributed by atoms with Gasteiger partial charge in [0.15, 0.2) is 0 Å². The first-order valence-corrected chi connectivity index (χ1v) is 4.99. The summed E-state index contributed by atoms with van der Waals surface area (Å²) in [6, 6.07) is 8.07. The Kier molecular flexibility index (Phi) is 1.69. The van der Waals surface area contributed by atoms with E-state index < -0.39 is 0 Å². The van der Waals surface area contributed by atoms with Crippen LogP contribution in [0.2, 0.25) is 0 Å². The maximum Gasteiger partial charge on any atom is 0.119 e. The van der Waals surface area contributed by atoms with Gasteiger partial charge in [-0.1, -0.05) is 23.0 Å². The molecule has 14 heavy (non-hydrogen) atoms. The monoisotopic (exact) mass is 188 g/mol. The van der Waals surface area contributed by atoms with Crippen molar-refractivity contribution in [1.82, 2.24) is 9.94 Å². The van der Waals surface area contributed by atoms with Gasteiger partial charge in [0, 0.05) is 5.39 Å². The molecule has 3 rings (SSSR count). The molecule has 3 nitrogen and oxygen atoms in total. The molecule has 0 bridgehead atoms. The molecule has 72 valence electrons. The minimum atomic E-state index is 0.762. The summed E-state index contributed by atoms with van der Waals surface area (Å²) in [5, 5.41) is 5.32. The third-order valence-electron chi connectivity index (χ3n) is 2.57. The zero-order valence-electron chi connectivity index (χ0n) is 7.89. The molecule has 2 aromatic rings. The molecule has 1 aromatic heterocycles. The van der Waals surface area contributed by atoms with Crippen LogP contribution in [0.5, 0.6) is 0 Å². The van der Waals surface area contributed by atoms with Crippen LogP contribution in [0, 0.1) is 5.92 Å². The van der Waals surface area contributed by atoms with E-state index in [2.05, 4.69) is 5.10 Å². The van der Waals surface area contributed by atoms with Gasteiger partial charge in [-0.25, -0.2) is 0 Å². The standard InChI is InChI=1S/C11H12N2O/c1-2-4-11-10(3-1)7-12-13(11)14-8-9-5-6-9/h1-4,7,9H,5-6,8H2. The van der Waals surface area contributed by atoms with Crippen LogP contribution in [-0.4, -0.2) is 16.6 Å². The lowest BCUT2D eigenvalue weighted by Gasteiger charge is -2.04. The summed E-state index contributed by atoms with van der Waals surface area (Å²) < 4.78 is 0. The van der Waals surface area contributed by atoms with Gasteiger partial charge in [0.1, 0.15) is 12.1 Å². The number of aromatic nitrogens is 2. The summed E-state index contributed by atoms with van der Waals surface area (Å²) in [6.45, 7) is 0.797. The molecule has 1 saturated carbocycles. The first-order valence-electron chi connectivity index (χ1n) is 4.99. The van der Waals surface area contributed by atoms with E-state index in [1.807, 2.05) is 30.5 Å². The number of benzene rings is 1. The average Bonchev–Trinajstić information content (AvgIpc) is 2.96. The molecule has 0 atom stereocenters. The number of fused-ring (bicyclic) bond motifs is 1. The number of nitrogens with zero attached hydrogens (tertiary/aromatic N) is 2. The lowest BCUT2D eigenvalue weighted by molar-refractivity contribution is 0.0839. The fraction of sp³-hybridized carbons (Fsp3) is 0.364. The fourth-order valence-corrected chi connectivity index (χ4v) is 1.51. The van der Waals surface area contributed by atoms with E-state index in [-0.39, 0.29) is 0 Å². The summed E-state index contributed by atoms with van der Waals surface area (Å²) >= 11 is 0. The smallest absolute Gasteiger partial charge is 0.119 e. The molecular formula is C11H12N2O. The van der Waals surface area contributed by atoms with Crippen LogP contribution >= 0.6 is 0 Å². The zero-order valence-corrected chi connectivity index (χ0v) is 7.89. The van der Waals surface area contributed by atoms with E-state index in [1.165, 1.54) is 12.8 Å². The molecule has 0 aliphatic heterocycles. The van der Waals surface area contributed by atoms with E-state index in [0.717, 1.165) is 23.4 Å². The normalized spacial score (nSPS) is 16.0. The second kappa shape index (κ2) is 3.01. The van der Waals surface area contributed by atoms with Crippen molar-refractivity contribution in [3.8, 4) is 0 Å². The third-order valence-corrected chi connectivity index (χ3v) is 2.57. The molecule has 0 spiro atoms. The Hall–Kier alpha value is -1.51. The van der Waals surface area contributed by atoms with E-state index in [0.29, 0.717) is 0 Å². The minimum Gasteiger partial charge on any atom is -0.396 e. The highest BCUT2D eigenvalue weighted by Gasteiger charge is 2.22. The Morgan fingerprint density at radius 2 is 2.21 bits per heavy atom. The quantitative estimate of drug-likeness (QED) is 0.735. The first kappa shape index (κ1) is 7.85. The molecule has 1 aliphatic carbocycles. The number of rotatable bonds is 3. The Morgan fingerprint density at radius 1 is 1.36 bits per heavy atom. The molecule has 0 saturated heterocycles. The molecule has 1 fully saturated rings. The maximum absolute atomic E-state index is 5.59. The third kappa shape index (κ3) is 1.35. The van der Waals surface area contributed by atoms with Gasteiger partial charge in [-0.3, -0.25) is 0 Å². The van der Waals surface area contributed by atoms with Gasteiger partial charge in [0.05, 0.1) is 6.20 Å². The van der Waals surface area contributed by atoms with Gasteiger partial charge in [-0.15, -0.1) is 5.10 Å². The highest BCUT2D eigenvalue weighted by molar-refractivity contribution is 5.77. The average molecular weight is 188 g/mol. The summed E-state index contributed by atoms with van der Waals surface area (Å²) in [5.74, 6) is 0.762. The van der Waals surface area contributed by atoms with E-state index >= 15 is 0 Å². The van der Waals surface area contributed by atoms with Gasteiger partial charge in [0.2, 0.25) is 0 Å². The highest BCUT2D eigenvalue weighted by Crippen LogP contribution is 2.28. The van der Waals surface area contributed by atoms with Gasteiger partial charge in [-0.05, 0) is 24.8 Å². The number of hydrogen-bond donors (Lipinski definition) is 0. The molecule has 0 N–H and O–H groups in total. The van der Waals surface area contributed by atoms with Crippen LogP contribution in [0.1, 0.15) is 12.8 Å². The second-order valence-electron chi connectivity index (χ2n) is 3.82. The van der Waals surface area contributed by atoms with Gasteiger partial charge in [0.25, 0.3) is 0 Å². The van der Waals surface area contributed by atoms with Gasteiger partial charge < -0.3 is 4.84 Å². The molecule has 0 amide bonds. The van der Waals surface area contributed by atoms with Crippen molar-refractivity contribution in [3.05, 3.63) is 30.5 Å². The van der Waals surface area contributed by atoms with Crippen molar-refractivity contribution in [2.24, 2.45) is 5.92 Å². The van der Waals surface area contributed by atoms with Crippen molar-refractivity contribution < 1.29 is 4.84 Å². The molecule has 0 unspecified atom stereocenters. The lowest BCUT2D eigenvalue weighted by atomic mass is 10.3. The van der Waals surface area contributed by atoms with Crippen LogP contribution in [0.25, 0.3) is 10.9 Å². The Bertz CT molecular complexity index is 445. The highest BCUT2D eigenvalue weighted by atomic mass is 16.7. The van der Waals surface area contributed by atoms with Crippen LogP contribution in [0.3, 0.4) is 0 Å². The fourth-order valence-electron chi connectivity index (χ4n) is 1.51. The molecule has 1 heterocycles. The van der Waals surface area contributed by atoms with Crippen molar-refractivity contribution >= 4 is 10.9 Å². The Balaban J connectivity index is 1.87. The maximum atomic E-state index is 5.59. The van der Waals surface area contributed by atoms with Crippen LogP contribution in [0.15, 0.2) is 30.5 Å². The van der Waals surface area contributed by atoms with E-state index in [9.17, 15) is 0 Å². The topological polar surface area (TPSA) is 27.1 Å². The Labute approximate surface area is 82.2 Å². The predicted molar refractivity (Wildman–Crippen MR) is 53.9 cm³/mol. The summed E-state index contributed by atoms with van der Waals surface area (Å²) in [7, 11) is 0. The second-order valence-corrected chi connectivity index (χ2v) is 3.82. The zero-order chi connectivity index (χ0) is 9.38. The molecule has 1 aliphatic rings. The SMILES string of the molecule is c1ccc2c(c1)cnn2OCC1CC1. The van der Waals surface area contributed by atoms with Crippen molar-refractivity contribution in [2.75, 3.05) is 6.61 Å². The first-order chi connectivity index (χ1) is 6.93. The summed E-state index contributed by atoms with van der Waals surface area (Å²) in [6.07, 6.45) is 4.45. The van der Waals surface area contributed by atoms with Gasteiger partial charge in [-0.2, -0.15) is 0 Å². The largest absolute Gasteiger partial charge is 0.396 e. The number of hydrogen-bond acceptors (Lipinski definition) is 2. The molecular weight excluding hydrogens is 176 g/mol. The lowest BCUT2D eigenvalue weighted by Crippen LogP contribution is -2.14. The van der Waals surface area contributed by atoms with Crippen molar-refractivity contribution in [2.45, 2.75) is 12.8 Å². The van der Waals surface area contributed by atoms with Crippen LogP contribution < -0.4 is 4.84 Å². The van der Waals surface area contributed by atoms with E-state index in [4.69, 9.17) is 4.84 Å². The summed E-state index contributed by atoms with van der Waals surface area (Å²) in [4.78, 5) is 7.22. The van der Waals surface area contributed by atoms with E-state index in [1.54, 1.807) is 4.85 Å². The van der Waals surface area contributed by atoms with Crippen LogP contribution in [-0.2, 0) is 0 Å². The molecule has 0 radical (unpaired) electrons. The minimum absolute atomic E-state index is 0.762. The van der Waals surface area contributed by atoms with Crippen molar-refractivity contribution in [3.63, 3.8) is 0 Å². The van der Waals surface area contributed by atoms with Gasteiger partial charge >= 0.3 is 0 Å². The Morgan fingerprint density at radius 3 is 3.07 bits per heavy atom. The molecule has 3 heteroatoms. The van der Waals surface area contributed by atoms with Crippen molar-refractivity contribution in [1.29, 1.82) is 0 Å². The summed E-state index contributed by atoms with van der Waals surface area (Å²) in [5.41, 5.74) is 1.05. The predicted octanol–water partition coefficient (Wildman–Crippen LogP) is 1.87. The number of para-hydroxylation sites is 1. The van der Waals surface area contributed by atoms with Crippen LogP contribution in [0.4, 0.5) is 0 Å².